The van der Waals surface area contributed by atoms with Crippen molar-refractivity contribution in [1.82, 2.24) is 4.90 Å². The molecule has 2 unspecified atom stereocenters. The Bertz CT molecular complexity index is 485. The number of piperidine rings is 1. The lowest BCUT2D eigenvalue weighted by Crippen LogP contribution is -2.59. The van der Waals surface area contributed by atoms with E-state index in [0.717, 1.165) is 31.2 Å². The van der Waals surface area contributed by atoms with Crippen molar-refractivity contribution in [3.8, 4) is 0 Å². The molecule has 114 valence electrons. The molecule has 21 heavy (non-hydrogen) atoms. The lowest BCUT2D eigenvalue weighted by atomic mass is 9.73. The summed E-state index contributed by atoms with van der Waals surface area (Å²) in [4.78, 5) is 2.78. The summed E-state index contributed by atoms with van der Waals surface area (Å²) in [5.74, 6) is 1.95. The molecule has 0 bridgehead atoms. The van der Waals surface area contributed by atoms with Crippen molar-refractivity contribution in [2.75, 3.05) is 19.6 Å². The fourth-order valence-electron chi connectivity index (χ4n) is 5.20. The van der Waals surface area contributed by atoms with Gasteiger partial charge < -0.3 is 5.73 Å². The second-order valence-corrected chi connectivity index (χ2v) is 7.59. The van der Waals surface area contributed by atoms with Gasteiger partial charge in [-0.3, -0.25) is 4.90 Å². The molecule has 1 aromatic carbocycles. The molecule has 1 aliphatic heterocycles. The van der Waals surface area contributed by atoms with Gasteiger partial charge in [0.15, 0.2) is 0 Å². The molecular weight excluding hydrogens is 256 g/mol. The zero-order chi connectivity index (χ0) is 14.3. The molecule has 0 radical (unpaired) electrons. The van der Waals surface area contributed by atoms with Crippen LogP contribution in [0.1, 0.15) is 43.2 Å². The van der Waals surface area contributed by atoms with Crippen LogP contribution in [0.15, 0.2) is 24.3 Å². The Kier molecular flexibility index (Phi) is 3.55. The highest BCUT2D eigenvalue weighted by molar-refractivity contribution is 5.36. The molecule has 2 fully saturated rings. The highest BCUT2D eigenvalue weighted by atomic mass is 15.2. The van der Waals surface area contributed by atoms with E-state index in [9.17, 15) is 0 Å². The number of hydrogen-bond acceptors (Lipinski definition) is 2. The van der Waals surface area contributed by atoms with Gasteiger partial charge in [-0.2, -0.15) is 0 Å². The van der Waals surface area contributed by atoms with Crippen molar-refractivity contribution in [2.24, 2.45) is 17.6 Å². The van der Waals surface area contributed by atoms with Gasteiger partial charge in [0.05, 0.1) is 0 Å². The van der Waals surface area contributed by atoms with Crippen LogP contribution in [0.25, 0.3) is 0 Å². The normalized spacial score (nSPS) is 31.7. The zero-order valence-electron chi connectivity index (χ0n) is 13.1. The van der Waals surface area contributed by atoms with Gasteiger partial charge in [-0.15, -0.1) is 0 Å². The van der Waals surface area contributed by atoms with E-state index < -0.39 is 0 Å². The van der Waals surface area contributed by atoms with Gasteiger partial charge >= 0.3 is 0 Å². The van der Waals surface area contributed by atoms with Crippen LogP contribution in [-0.2, 0) is 12.8 Å². The van der Waals surface area contributed by atoms with Gasteiger partial charge in [0.25, 0.3) is 0 Å². The molecule has 2 heteroatoms. The first-order valence-electron chi connectivity index (χ1n) is 8.83. The molecule has 2 nitrogen and oxygen atoms in total. The van der Waals surface area contributed by atoms with Crippen LogP contribution in [0.2, 0.25) is 0 Å². The number of likely N-dealkylation sites (tertiary alicyclic amines) is 1. The summed E-state index contributed by atoms with van der Waals surface area (Å²) in [5.41, 5.74) is 9.59. The number of nitrogens with zero attached hydrogens (tertiary/aromatic N) is 1. The largest absolute Gasteiger partial charge is 0.329 e. The van der Waals surface area contributed by atoms with Crippen molar-refractivity contribution in [1.29, 1.82) is 0 Å². The number of benzene rings is 1. The standard InChI is InChI=1S/C19H28N2/c20-14-19(11-16-6-2-3-7-17(16)12-19)21-10-9-15-5-1-4-8-18(15)13-21/h2-3,6-7,15,18H,1,4-5,8-14,20H2. The van der Waals surface area contributed by atoms with E-state index in [0.29, 0.717) is 0 Å². The van der Waals surface area contributed by atoms with Gasteiger partial charge in [-0.25, -0.2) is 0 Å². The summed E-state index contributed by atoms with van der Waals surface area (Å²) in [6.45, 7) is 3.38. The molecule has 0 spiro atoms. The molecule has 1 saturated heterocycles. The van der Waals surface area contributed by atoms with Crippen LogP contribution in [-0.4, -0.2) is 30.1 Å². The first kappa shape index (κ1) is 13.8. The Morgan fingerprint density at radius 1 is 1.00 bits per heavy atom. The molecule has 4 rings (SSSR count). The molecule has 2 N–H and O–H groups in total. The van der Waals surface area contributed by atoms with E-state index in [1.807, 2.05) is 0 Å². The van der Waals surface area contributed by atoms with Crippen molar-refractivity contribution in [3.05, 3.63) is 35.4 Å². The third-order valence-corrected chi connectivity index (χ3v) is 6.50. The van der Waals surface area contributed by atoms with Crippen LogP contribution >= 0.6 is 0 Å². The quantitative estimate of drug-likeness (QED) is 0.904. The Morgan fingerprint density at radius 2 is 1.67 bits per heavy atom. The van der Waals surface area contributed by atoms with Crippen LogP contribution in [0, 0.1) is 11.8 Å². The predicted molar refractivity (Wildman–Crippen MR) is 87.3 cm³/mol. The van der Waals surface area contributed by atoms with Crippen molar-refractivity contribution < 1.29 is 0 Å². The van der Waals surface area contributed by atoms with E-state index in [1.54, 1.807) is 0 Å². The number of nitrogens with two attached hydrogens (primary N) is 1. The second kappa shape index (κ2) is 5.40. The molecule has 1 aromatic rings. The van der Waals surface area contributed by atoms with Crippen molar-refractivity contribution in [2.45, 2.75) is 50.5 Å². The Morgan fingerprint density at radius 3 is 2.33 bits per heavy atom. The molecular formula is C19H28N2. The number of rotatable bonds is 2. The lowest BCUT2D eigenvalue weighted by Gasteiger charge is -2.49. The predicted octanol–water partition coefficient (Wildman–Crippen LogP) is 2.99. The summed E-state index contributed by atoms with van der Waals surface area (Å²) in [5, 5.41) is 0. The van der Waals surface area contributed by atoms with Crippen LogP contribution in [0.4, 0.5) is 0 Å². The summed E-state index contributed by atoms with van der Waals surface area (Å²) in [6.07, 6.45) is 9.58. The third-order valence-electron chi connectivity index (χ3n) is 6.50. The van der Waals surface area contributed by atoms with E-state index in [2.05, 4.69) is 29.2 Å². The fourth-order valence-corrected chi connectivity index (χ4v) is 5.20. The maximum Gasteiger partial charge on any atom is 0.0412 e. The Labute approximate surface area is 128 Å². The smallest absolute Gasteiger partial charge is 0.0412 e. The first-order chi connectivity index (χ1) is 10.3. The monoisotopic (exact) mass is 284 g/mol. The molecule has 1 saturated carbocycles. The van der Waals surface area contributed by atoms with E-state index in [1.165, 1.54) is 56.3 Å². The van der Waals surface area contributed by atoms with E-state index in [-0.39, 0.29) is 5.54 Å². The SMILES string of the molecule is NCC1(N2CCC3CCCCC3C2)Cc2ccccc2C1. The summed E-state index contributed by atoms with van der Waals surface area (Å²) >= 11 is 0. The molecule has 1 heterocycles. The maximum absolute atomic E-state index is 6.31. The Balaban J connectivity index is 1.55. The minimum Gasteiger partial charge on any atom is -0.329 e. The van der Waals surface area contributed by atoms with Crippen LogP contribution in [0.3, 0.4) is 0 Å². The molecule has 0 amide bonds. The summed E-state index contributed by atoms with van der Waals surface area (Å²) in [6, 6.07) is 8.97. The second-order valence-electron chi connectivity index (χ2n) is 7.59. The molecule has 3 aliphatic rings. The van der Waals surface area contributed by atoms with Crippen molar-refractivity contribution >= 4 is 0 Å². The molecule has 0 aromatic heterocycles. The van der Waals surface area contributed by atoms with Gasteiger partial charge in [0.2, 0.25) is 0 Å². The van der Waals surface area contributed by atoms with Gasteiger partial charge in [-0.05, 0) is 55.2 Å². The van der Waals surface area contributed by atoms with Crippen molar-refractivity contribution in [3.63, 3.8) is 0 Å². The highest BCUT2D eigenvalue weighted by Gasteiger charge is 2.44. The van der Waals surface area contributed by atoms with Gasteiger partial charge in [-0.1, -0.05) is 43.5 Å². The Hall–Kier alpha value is -0.860. The first-order valence-corrected chi connectivity index (χ1v) is 8.83. The average Bonchev–Trinajstić information content (AvgIpc) is 2.94. The lowest BCUT2D eigenvalue weighted by molar-refractivity contribution is 0.0117. The molecule has 2 atom stereocenters. The topological polar surface area (TPSA) is 29.3 Å². The zero-order valence-corrected chi connectivity index (χ0v) is 13.1. The minimum absolute atomic E-state index is 0.214. The fraction of sp³-hybridized carbons (Fsp3) is 0.684. The summed E-state index contributed by atoms with van der Waals surface area (Å²) < 4.78 is 0. The summed E-state index contributed by atoms with van der Waals surface area (Å²) in [7, 11) is 0. The number of hydrogen-bond donors (Lipinski definition) is 1. The van der Waals surface area contributed by atoms with Crippen LogP contribution in [0.5, 0.6) is 0 Å². The van der Waals surface area contributed by atoms with Gasteiger partial charge in [0, 0.05) is 18.6 Å². The third kappa shape index (κ3) is 2.33. The molecule has 2 aliphatic carbocycles. The van der Waals surface area contributed by atoms with Gasteiger partial charge in [0.1, 0.15) is 0 Å². The average molecular weight is 284 g/mol. The highest BCUT2D eigenvalue weighted by Crippen LogP contribution is 2.41. The minimum atomic E-state index is 0.214. The van der Waals surface area contributed by atoms with E-state index >= 15 is 0 Å². The maximum atomic E-state index is 6.31. The van der Waals surface area contributed by atoms with E-state index in [4.69, 9.17) is 5.73 Å². The number of fused-ring (bicyclic) bond motifs is 2. The van der Waals surface area contributed by atoms with Crippen LogP contribution < -0.4 is 5.73 Å².